The Morgan fingerprint density at radius 2 is 2.20 bits per heavy atom. The SMILES string of the molecule is CC(C(=O)N(C)C)n1cccc1C(N)=S. The molecule has 1 heterocycles. The molecule has 0 aliphatic carbocycles. The number of likely N-dealkylation sites (N-methyl/N-ethyl adjacent to an activating group) is 1. The predicted molar refractivity (Wildman–Crippen MR) is 63.7 cm³/mol. The van der Waals surface area contributed by atoms with Gasteiger partial charge in [0.2, 0.25) is 5.91 Å². The number of hydrogen-bond acceptors (Lipinski definition) is 2. The Balaban J connectivity index is 3.01. The van der Waals surface area contributed by atoms with Crippen molar-refractivity contribution >= 4 is 23.1 Å². The number of aromatic nitrogens is 1. The molecule has 4 nitrogen and oxygen atoms in total. The molecule has 1 unspecified atom stereocenters. The van der Waals surface area contributed by atoms with Crippen molar-refractivity contribution in [3.8, 4) is 0 Å². The van der Waals surface area contributed by atoms with Crippen molar-refractivity contribution in [2.75, 3.05) is 14.1 Å². The van der Waals surface area contributed by atoms with Crippen LogP contribution < -0.4 is 5.73 Å². The van der Waals surface area contributed by atoms with Gasteiger partial charge in [0.15, 0.2) is 0 Å². The van der Waals surface area contributed by atoms with Crippen LogP contribution in [-0.4, -0.2) is 34.5 Å². The lowest BCUT2D eigenvalue weighted by atomic mass is 10.3. The molecule has 82 valence electrons. The molecule has 0 saturated heterocycles. The van der Waals surface area contributed by atoms with Gasteiger partial charge in [0.25, 0.3) is 0 Å². The van der Waals surface area contributed by atoms with E-state index in [2.05, 4.69) is 0 Å². The van der Waals surface area contributed by atoms with Crippen LogP contribution in [0.2, 0.25) is 0 Å². The van der Waals surface area contributed by atoms with Crippen molar-refractivity contribution in [1.82, 2.24) is 9.47 Å². The number of nitrogens with two attached hydrogens (primary N) is 1. The Labute approximate surface area is 94.7 Å². The summed E-state index contributed by atoms with van der Waals surface area (Å²) >= 11 is 4.91. The van der Waals surface area contributed by atoms with Crippen LogP contribution >= 0.6 is 12.2 Å². The van der Waals surface area contributed by atoms with E-state index in [0.29, 0.717) is 10.7 Å². The number of rotatable bonds is 3. The van der Waals surface area contributed by atoms with Gasteiger partial charge in [-0.2, -0.15) is 0 Å². The molecule has 0 fully saturated rings. The van der Waals surface area contributed by atoms with E-state index in [9.17, 15) is 4.79 Å². The summed E-state index contributed by atoms with van der Waals surface area (Å²) in [4.78, 5) is 13.6. The van der Waals surface area contributed by atoms with E-state index >= 15 is 0 Å². The Kier molecular flexibility index (Phi) is 3.47. The van der Waals surface area contributed by atoms with Crippen LogP contribution in [0, 0.1) is 0 Å². The second kappa shape index (κ2) is 4.44. The smallest absolute Gasteiger partial charge is 0.244 e. The molecule has 5 heteroatoms. The third-order valence-corrected chi connectivity index (χ3v) is 2.46. The fourth-order valence-electron chi connectivity index (χ4n) is 1.43. The third-order valence-electron chi connectivity index (χ3n) is 2.25. The second-order valence-electron chi connectivity index (χ2n) is 3.57. The van der Waals surface area contributed by atoms with Gasteiger partial charge in [-0.3, -0.25) is 4.79 Å². The van der Waals surface area contributed by atoms with E-state index in [1.54, 1.807) is 29.8 Å². The molecule has 1 aromatic rings. The monoisotopic (exact) mass is 225 g/mol. The molecule has 1 amide bonds. The number of amides is 1. The third kappa shape index (κ3) is 2.36. The van der Waals surface area contributed by atoms with E-state index in [-0.39, 0.29) is 11.9 Å². The first-order chi connectivity index (χ1) is 6.95. The number of hydrogen-bond donors (Lipinski definition) is 1. The van der Waals surface area contributed by atoms with Gasteiger partial charge in [0, 0.05) is 20.3 Å². The highest BCUT2D eigenvalue weighted by molar-refractivity contribution is 7.80. The number of thiocarbonyl (C=S) groups is 1. The van der Waals surface area contributed by atoms with Crippen LogP contribution in [0.3, 0.4) is 0 Å². The zero-order valence-electron chi connectivity index (χ0n) is 9.10. The van der Waals surface area contributed by atoms with E-state index in [1.807, 2.05) is 19.1 Å². The van der Waals surface area contributed by atoms with Crippen LogP contribution in [0.25, 0.3) is 0 Å². The molecule has 0 aromatic carbocycles. The average Bonchev–Trinajstić information content (AvgIpc) is 2.63. The summed E-state index contributed by atoms with van der Waals surface area (Å²) in [5.41, 5.74) is 6.27. The maximum atomic E-state index is 11.7. The van der Waals surface area contributed by atoms with Crippen molar-refractivity contribution in [3.63, 3.8) is 0 Å². The van der Waals surface area contributed by atoms with Gasteiger partial charge >= 0.3 is 0 Å². The molecular weight excluding hydrogens is 210 g/mol. The Hall–Kier alpha value is -1.36. The van der Waals surface area contributed by atoms with Crippen molar-refractivity contribution in [2.24, 2.45) is 5.73 Å². The predicted octanol–water partition coefficient (Wildman–Crippen LogP) is 0.771. The van der Waals surface area contributed by atoms with Crippen molar-refractivity contribution in [3.05, 3.63) is 24.0 Å². The Bertz CT molecular complexity index is 384. The lowest BCUT2D eigenvalue weighted by molar-refractivity contribution is -0.131. The summed E-state index contributed by atoms with van der Waals surface area (Å²) in [5.74, 6) is 0.0173. The zero-order chi connectivity index (χ0) is 11.6. The lowest BCUT2D eigenvalue weighted by Crippen LogP contribution is -2.31. The first kappa shape index (κ1) is 11.7. The highest BCUT2D eigenvalue weighted by Crippen LogP contribution is 2.13. The van der Waals surface area contributed by atoms with Gasteiger partial charge in [-0.15, -0.1) is 0 Å². The zero-order valence-corrected chi connectivity index (χ0v) is 9.91. The molecule has 0 bridgehead atoms. The Morgan fingerprint density at radius 1 is 1.60 bits per heavy atom. The summed E-state index contributed by atoms with van der Waals surface area (Å²) in [5, 5.41) is 0. The molecule has 1 atom stereocenters. The van der Waals surface area contributed by atoms with Crippen LogP contribution in [0.4, 0.5) is 0 Å². The number of carbonyl (C=O) groups is 1. The first-order valence-electron chi connectivity index (χ1n) is 4.63. The minimum atomic E-state index is -0.286. The van der Waals surface area contributed by atoms with E-state index in [4.69, 9.17) is 18.0 Å². The lowest BCUT2D eigenvalue weighted by Gasteiger charge is -2.20. The summed E-state index contributed by atoms with van der Waals surface area (Å²) in [6, 6.07) is 3.35. The molecule has 0 aliphatic rings. The van der Waals surface area contributed by atoms with Gasteiger partial charge in [0.05, 0.1) is 5.69 Å². The molecule has 15 heavy (non-hydrogen) atoms. The van der Waals surface area contributed by atoms with Crippen molar-refractivity contribution in [2.45, 2.75) is 13.0 Å². The maximum absolute atomic E-state index is 11.7. The van der Waals surface area contributed by atoms with Gasteiger partial charge in [0.1, 0.15) is 11.0 Å². The summed E-state index contributed by atoms with van der Waals surface area (Å²) in [7, 11) is 3.45. The molecule has 1 aromatic heterocycles. The van der Waals surface area contributed by atoms with Gasteiger partial charge in [-0.1, -0.05) is 12.2 Å². The number of carbonyl (C=O) groups excluding carboxylic acids is 1. The van der Waals surface area contributed by atoms with Gasteiger partial charge in [-0.25, -0.2) is 0 Å². The van der Waals surface area contributed by atoms with Crippen LogP contribution in [0.1, 0.15) is 18.7 Å². The van der Waals surface area contributed by atoms with Crippen LogP contribution in [0.15, 0.2) is 18.3 Å². The molecule has 0 spiro atoms. The molecule has 0 saturated carbocycles. The second-order valence-corrected chi connectivity index (χ2v) is 4.01. The van der Waals surface area contributed by atoms with E-state index in [0.717, 1.165) is 0 Å². The standard InChI is InChI=1S/C10H15N3OS/c1-7(10(14)12(2)3)13-6-4-5-8(13)9(11)15/h4-7H,1-3H3,(H2,11,15). The summed E-state index contributed by atoms with van der Waals surface area (Å²) in [6.45, 7) is 1.82. The van der Waals surface area contributed by atoms with E-state index in [1.165, 1.54) is 0 Å². The minimum absolute atomic E-state index is 0.0173. The van der Waals surface area contributed by atoms with E-state index < -0.39 is 0 Å². The Morgan fingerprint density at radius 3 is 2.67 bits per heavy atom. The largest absolute Gasteiger partial charge is 0.388 e. The quantitative estimate of drug-likeness (QED) is 0.773. The first-order valence-corrected chi connectivity index (χ1v) is 5.03. The molecule has 0 aliphatic heterocycles. The fraction of sp³-hybridized carbons (Fsp3) is 0.400. The molecule has 2 N–H and O–H groups in total. The van der Waals surface area contributed by atoms with Crippen LogP contribution in [-0.2, 0) is 4.79 Å². The van der Waals surface area contributed by atoms with Gasteiger partial charge < -0.3 is 15.2 Å². The van der Waals surface area contributed by atoms with Crippen molar-refractivity contribution in [1.29, 1.82) is 0 Å². The summed E-state index contributed by atoms with van der Waals surface area (Å²) in [6.07, 6.45) is 1.81. The van der Waals surface area contributed by atoms with Crippen molar-refractivity contribution < 1.29 is 4.79 Å². The molecular formula is C10H15N3OS. The molecule has 1 rings (SSSR count). The van der Waals surface area contributed by atoms with Crippen LogP contribution in [0.5, 0.6) is 0 Å². The average molecular weight is 225 g/mol. The molecule has 0 radical (unpaired) electrons. The normalized spacial score (nSPS) is 12.2. The minimum Gasteiger partial charge on any atom is -0.388 e. The summed E-state index contributed by atoms with van der Waals surface area (Å²) < 4.78 is 1.78. The maximum Gasteiger partial charge on any atom is 0.244 e. The highest BCUT2D eigenvalue weighted by atomic mass is 32.1. The van der Waals surface area contributed by atoms with Gasteiger partial charge in [-0.05, 0) is 19.1 Å². The number of nitrogens with zero attached hydrogens (tertiary/aromatic N) is 2. The highest BCUT2D eigenvalue weighted by Gasteiger charge is 2.18. The topological polar surface area (TPSA) is 51.3 Å². The fourth-order valence-corrected chi connectivity index (χ4v) is 1.61.